The first-order valence-corrected chi connectivity index (χ1v) is 13.0. The maximum absolute atomic E-state index is 13.3. The minimum absolute atomic E-state index is 0.0856. The lowest BCUT2D eigenvalue weighted by Gasteiger charge is -2.29. The van der Waals surface area contributed by atoms with Crippen LogP contribution in [0, 0.1) is 11.8 Å². The molecule has 2 aromatic carbocycles. The first-order valence-electron chi connectivity index (χ1n) is 12.6. The maximum Gasteiger partial charge on any atom is 0.407 e. The van der Waals surface area contributed by atoms with Crippen LogP contribution >= 0.6 is 11.6 Å². The van der Waals surface area contributed by atoms with Crippen molar-refractivity contribution in [3.63, 3.8) is 0 Å². The van der Waals surface area contributed by atoms with E-state index in [4.69, 9.17) is 21.3 Å². The van der Waals surface area contributed by atoms with Gasteiger partial charge in [-0.2, -0.15) is 0 Å². The molecule has 1 aromatic heterocycles. The molecular formula is C29H34ClN3O3. The third-order valence-electron chi connectivity index (χ3n) is 6.55. The second-order valence-electron chi connectivity index (χ2n) is 10.6. The second-order valence-corrected chi connectivity index (χ2v) is 11.0. The van der Waals surface area contributed by atoms with Gasteiger partial charge >= 0.3 is 6.09 Å². The highest BCUT2D eigenvalue weighted by molar-refractivity contribution is 6.30. The van der Waals surface area contributed by atoms with E-state index in [0.29, 0.717) is 35.5 Å². The van der Waals surface area contributed by atoms with Crippen LogP contribution in [-0.4, -0.2) is 35.7 Å². The van der Waals surface area contributed by atoms with E-state index < -0.39 is 5.60 Å². The van der Waals surface area contributed by atoms with Crippen molar-refractivity contribution in [1.82, 2.24) is 15.6 Å². The molecule has 0 aliphatic heterocycles. The Morgan fingerprint density at radius 1 is 0.944 bits per heavy atom. The van der Waals surface area contributed by atoms with Gasteiger partial charge in [-0.05, 0) is 82.6 Å². The highest BCUT2D eigenvalue weighted by atomic mass is 35.5. The predicted molar refractivity (Wildman–Crippen MR) is 144 cm³/mol. The van der Waals surface area contributed by atoms with Gasteiger partial charge in [0, 0.05) is 29.1 Å². The van der Waals surface area contributed by atoms with E-state index in [1.54, 1.807) is 0 Å². The lowest BCUT2D eigenvalue weighted by Crippen LogP contribution is -2.37. The van der Waals surface area contributed by atoms with E-state index in [1.165, 1.54) is 0 Å². The first-order chi connectivity index (χ1) is 17.2. The van der Waals surface area contributed by atoms with Crippen molar-refractivity contribution in [2.45, 2.75) is 52.1 Å². The number of amides is 2. The average Bonchev–Trinajstić information content (AvgIpc) is 2.85. The molecule has 36 heavy (non-hydrogen) atoms. The number of benzene rings is 2. The fourth-order valence-corrected chi connectivity index (χ4v) is 4.77. The topological polar surface area (TPSA) is 80.3 Å². The number of hydrogen-bond acceptors (Lipinski definition) is 4. The summed E-state index contributed by atoms with van der Waals surface area (Å²) in [6, 6.07) is 17.1. The Hall–Kier alpha value is -3.12. The third kappa shape index (κ3) is 6.97. The molecule has 190 valence electrons. The smallest absolute Gasteiger partial charge is 0.407 e. The second kappa shape index (κ2) is 11.3. The van der Waals surface area contributed by atoms with E-state index in [-0.39, 0.29) is 12.0 Å². The van der Waals surface area contributed by atoms with E-state index >= 15 is 0 Å². The van der Waals surface area contributed by atoms with Gasteiger partial charge in [0.15, 0.2) is 0 Å². The Kier molecular flexibility index (Phi) is 8.14. The minimum atomic E-state index is -0.490. The van der Waals surface area contributed by atoms with Crippen LogP contribution in [-0.2, 0) is 4.74 Å². The molecule has 1 aliphatic carbocycles. The minimum Gasteiger partial charge on any atom is -0.444 e. The SMILES string of the molecule is CC(C)(C)OC(=O)NC[C@H]1CC[C@H](CNC(=O)c2cc(-c3ccc(Cl)cc3)nc3ccccc23)CC1. The van der Waals surface area contributed by atoms with Crippen molar-refractivity contribution in [2.75, 3.05) is 13.1 Å². The van der Waals surface area contributed by atoms with E-state index in [2.05, 4.69) is 10.6 Å². The zero-order chi connectivity index (χ0) is 25.7. The van der Waals surface area contributed by atoms with Gasteiger partial charge < -0.3 is 15.4 Å². The number of ether oxygens (including phenoxy) is 1. The molecule has 0 atom stereocenters. The summed E-state index contributed by atoms with van der Waals surface area (Å²) in [5.74, 6) is 0.781. The summed E-state index contributed by atoms with van der Waals surface area (Å²) in [6.45, 7) is 6.85. The Morgan fingerprint density at radius 2 is 1.56 bits per heavy atom. The number of nitrogens with one attached hydrogen (secondary N) is 2. The van der Waals surface area contributed by atoms with E-state index in [9.17, 15) is 9.59 Å². The van der Waals surface area contributed by atoms with Gasteiger partial charge in [-0.15, -0.1) is 0 Å². The van der Waals surface area contributed by atoms with Gasteiger partial charge in [-0.3, -0.25) is 4.79 Å². The van der Waals surface area contributed by atoms with Gasteiger partial charge in [-0.25, -0.2) is 9.78 Å². The Morgan fingerprint density at radius 3 is 2.19 bits per heavy atom. The van der Waals surface area contributed by atoms with Crippen LogP contribution in [0.15, 0.2) is 54.6 Å². The number of nitrogens with zero attached hydrogens (tertiary/aromatic N) is 1. The van der Waals surface area contributed by atoms with Gasteiger partial charge in [0.2, 0.25) is 0 Å². The molecule has 1 fully saturated rings. The fourth-order valence-electron chi connectivity index (χ4n) is 4.65. The molecule has 4 rings (SSSR count). The Labute approximate surface area is 217 Å². The molecule has 7 heteroatoms. The average molecular weight is 508 g/mol. The van der Waals surface area contributed by atoms with Crippen LogP contribution in [0.25, 0.3) is 22.2 Å². The van der Waals surface area contributed by atoms with Crippen molar-refractivity contribution in [1.29, 1.82) is 0 Å². The summed E-state index contributed by atoms with van der Waals surface area (Å²) in [5, 5.41) is 7.55. The Balaban J connectivity index is 1.35. The number of alkyl carbamates (subject to hydrolysis) is 1. The Bertz CT molecular complexity index is 1210. The van der Waals surface area contributed by atoms with Crippen molar-refractivity contribution in [3.8, 4) is 11.3 Å². The fraction of sp³-hybridized carbons (Fsp3) is 0.414. The highest BCUT2D eigenvalue weighted by Gasteiger charge is 2.24. The number of rotatable bonds is 6. The zero-order valence-electron chi connectivity index (χ0n) is 21.1. The molecule has 1 aliphatic rings. The van der Waals surface area contributed by atoms with Crippen molar-refractivity contribution in [2.24, 2.45) is 11.8 Å². The number of hydrogen-bond donors (Lipinski definition) is 2. The number of fused-ring (bicyclic) bond motifs is 1. The van der Waals surface area contributed by atoms with Gasteiger partial charge in [-0.1, -0.05) is 41.9 Å². The molecule has 3 aromatic rings. The lowest BCUT2D eigenvalue weighted by atomic mass is 9.82. The molecule has 0 bridgehead atoms. The van der Waals surface area contributed by atoms with Gasteiger partial charge in [0.25, 0.3) is 5.91 Å². The summed E-state index contributed by atoms with van der Waals surface area (Å²) in [4.78, 5) is 29.9. The molecule has 0 radical (unpaired) electrons. The molecule has 2 amide bonds. The standard InChI is InChI=1S/C29H34ClN3O3/c1-29(2,3)36-28(35)32-18-20-10-8-19(9-11-20)17-31-27(34)24-16-26(21-12-14-22(30)15-13-21)33-25-7-5-4-6-23(24)25/h4-7,12-16,19-20H,8-11,17-18H2,1-3H3,(H,31,34)(H,32,35)/t19-,20-. The number of halogens is 1. The third-order valence-corrected chi connectivity index (χ3v) is 6.80. The molecule has 1 heterocycles. The van der Waals surface area contributed by atoms with Crippen molar-refractivity contribution >= 4 is 34.5 Å². The largest absolute Gasteiger partial charge is 0.444 e. The van der Waals surface area contributed by atoms with Gasteiger partial charge in [0.05, 0.1) is 16.8 Å². The molecule has 2 N–H and O–H groups in total. The summed E-state index contributed by atoms with van der Waals surface area (Å²) in [5.41, 5.74) is 2.58. The maximum atomic E-state index is 13.3. The summed E-state index contributed by atoms with van der Waals surface area (Å²) in [7, 11) is 0. The van der Waals surface area contributed by atoms with Gasteiger partial charge in [0.1, 0.15) is 5.60 Å². The van der Waals surface area contributed by atoms with Crippen LogP contribution in [0.3, 0.4) is 0 Å². The monoisotopic (exact) mass is 507 g/mol. The van der Waals surface area contributed by atoms with Crippen LogP contribution in [0.5, 0.6) is 0 Å². The molecule has 6 nitrogen and oxygen atoms in total. The number of para-hydroxylation sites is 1. The van der Waals surface area contributed by atoms with Crippen molar-refractivity contribution < 1.29 is 14.3 Å². The van der Waals surface area contributed by atoms with Crippen LogP contribution < -0.4 is 10.6 Å². The van der Waals surface area contributed by atoms with Crippen molar-refractivity contribution in [3.05, 3.63) is 65.2 Å². The number of carbonyl (C=O) groups is 2. The molecule has 1 saturated carbocycles. The first kappa shape index (κ1) is 26.0. The summed E-state index contributed by atoms with van der Waals surface area (Å²) in [6.07, 6.45) is 3.73. The molecule has 0 spiro atoms. The summed E-state index contributed by atoms with van der Waals surface area (Å²) < 4.78 is 5.32. The quantitative estimate of drug-likeness (QED) is 0.393. The normalized spacial score (nSPS) is 18.0. The number of pyridine rings is 1. The van der Waals surface area contributed by atoms with Crippen LogP contribution in [0.4, 0.5) is 4.79 Å². The molecular weight excluding hydrogens is 474 g/mol. The van der Waals surface area contributed by atoms with E-state index in [0.717, 1.165) is 47.8 Å². The number of aromatic nitrogens is 1. The van der Waals surface area contributed by atoms with Crippen LogP contribution in [0.2, 0.25) is 5.02 Å². The molecule has 0 unspecified atom stereocenters. The predicted octanol–water partition coefficient (Wildman–Crippen LogP) is 6.62. The molecule has 0 saturated heterocycles. The summed E-state index contributed by atoms with van der Waals surface area (Å²) >= 11 is 6.05. The lowest BCUT2D eigenvalue weighted by molar-refractivity contribution is 0.0512. The van der Waals surface area contributed by atoms with E-state index in [1.807, 2.05) is 75.4 Å². The highest BCUT2D eigenvalue weighted by Crippen LogP contribution is 2.29. The number of carbonyl (C=O) groups excluding carboxylic acids is 2. The zero-order valence-corrected chi connectivity index (χ0v) is 21.9. The van der Waals surface area contributed by atoms with Crippen LogP contribution in [0.1, 0.15) is 56.8 Å².